The van der Waals surface area contributed by atoms with Crippen LogP contribution in [-0.4, -0.2) is 78.6 Å². The molecule has 1 unspecified atom stereocenters. The molecule has 1 saturated carbocycles. The summed E-state index contributed by atoms with van der Waals surface area (Å²) in [4.78, 5) is 30.0. The molecule has 0 radical (unpaired) electrons. The number of halogens is 1. The highest BCUT2D eigenvalue weighted by Gasteiger charge is 2.51. The lowest BCUT2D eigenvalue weighted by molar-refractivity contribution is -0.133. The number of fused-ring (bicyclic) bond motifs is 1. The molecule has 7 nitrogen and oxygen atoms in total. The molecular formula is C27H39FN4O3. The third kappa shape index (κ3) is 4.79. The van der Waals surface area contributed by atoms with Crippen molar-refractivity contribution < 1.29 is 18.7 Å². The maximum atomic E-state index is 14.8. The summed E-state index contributed by atoms with van der Waals surface area (Å²) in [6.07, 6.45) is 6.62. The van der Waals surface area contributed by atoms with Gasteiger partial charge >= 0.3 is 0 Å². The second-order valence-electron chi connectivity index (χ2n) is 11.0. The van der Waals surface area contributed by atoms with E-state index in [0.29, 0.717) is 25.2 Å². The summed E-state index contributed by atoms with van der Waals surface area (Å²) in [5.41, 5.74) is 1.62. The van der Waals surface area contributed by atoms with Gasteiger partial charge < -0.3 is 20.3 Å². The molecule has 2 N–H and O–H groups in total. The van der Waals surface area contributed by atoms with E-state index in [2.05, 4.69) is 15.5 Å². The minimum absolute atomic E-state index is 0.0185. The highest BCUT2D eigenvalue weighted by atomic mass is 19.1. The first-order valence-corrected chi connectivity index (χ1v) is 13.3. The quantitative estimate of drug-likeness (QED) is 0.685. The summed E-state index contributed by atoms with van der Waals surface area (Å²) in [6, 6.07) is 3.46. The summed E-state index contributed by atoms with van der Waals surface area (Å²) >= 11 is 0. The Morgan fingerprint density at radius 1 is 1.11 bits per heavy atom. The van der Waals surface area contributed by atoms with Crippen LogP contribution in [-0.2, 0) is 20.7 Å². The van der Waals surface area contributed by atoms with Crippen molar-refractivity contribution in [3.8, 4) is 0 Å². The van der Waals surface area contributed by atoms with Crippen molar-refractivity contribution >= 4 is 17.5 Å². The number of hydrogen-bond donors (Lipinski definition) is 2. The second kappa shape index (κ2) is 10.1. The van der Waals surface area contributed by atoms with Gasteiger partial charge in [-0.15, -0.1) is 0 Å². The van der Waals surface area contributed by atoms with Crippen molar-refractivity contribution in [2.24, 2.45) is 5.92 Å². The molecule has 5 rings (SSSR count). The van der Waals surface area contributed by atoms with E-state index >= 15 is 0 Å². The molecule has 192 valence electrons. The van der Waals surface area contributed by atoms with E-state index in [1.54, 1.807) is 13.0 Å². The van der Waals surface area contributed by atoms with Crippen molar-refractivity contribution in [2.75, 3.05) is 44.7 Å². The van der Waals surface area contributed by atoms with Gasteiger partial charge in [-0.05, 0) is 43.7 Å². The van der Waals surface area contributed by atoms with Gasteiger partial charge in [0, 0.05) is 56.8 Å². The highest BCUT2D eigenvalue weighted by molar-refractivity contribution is 5.93. The van der Waals surface area contributed by atoms with Crippen LogP contribution in [0.3, 0.4) is 0 Å². The van der Waals surface area contributed by atoms with Crippen molar-refractivity contribution in [1.29, 1.82) is 0 Å². The fourth-order valence-corrected chi connectivity index (χ4v) is 6.68. The van der Waals surface area contributed by atoms with Crippen LogP contribution < -0.4 is 10.6 Å². The number of rotatable bonds is 4. The lowest BCUT2D eigenvalue weighted by Gasteiger charge is -2.43. The minimum atomic E-state index is -0.810. The molecule has 2 saturated heterocycles. The van der Waals surface area contributed by atoms with E-state index in [-0.39, 0.29) is 35.6 Å². The van der Waals surface area contributed by atoms with Crippen LogP contribution in [0.4, 0.5) is 10.1 Å². The predicted molar refractivity (Wildman–Crippen MR) is 133 cm³/mol. The Bertz CT molecular complexity index is 925. The van der Waals surface area contributed by atoms with Gasteiger partial charge in [-0.25, -0.2) is 4.39 Å². The van der Waals surface area contributed by atoms with Crippen LogP contribution in [0.2, 0.25) is 0 Å². The van der Waals surface area contributed by atoms with E-state index in [9.17, 15) is 14.0 Å². The standard InChI is InChI=1S/C27H39FN4O3/c1-18-8-9-24(28)23-15-27(30-25(18)23,20-6-4-3-5-7-20)26(34)29-21-14-22(17-35-16-21)32-12-10-31(11-13-32)19(2)33/h8-9,20-22,30H,3-7,10-17H2,1-2H3,(H,29,34)/t21-,22-,27?/m1/s1. The maximum absolute atomic E-state index is 14.8. The van der Waals surface area contributed by atoms with Gasteiger partial charge in [0.1, 0.15) is 11.4 Å². The molecule has 2 amide bonds. The molecule has 3 aliphatic heterocycles. The lowest BCUT2D eigenvalue weighted by Crippen LogP contribution is -2.62. The number of aryl methyl sites for hydroxylation is 1. The van der Waals surface area contributed by atoms with Gasteiger partial charge in [0.15, 0.2) is 0 Å². The van der Waals surface area contributed by atoms with E-state index in [1.807, 2.05) is 11.8 Å². The first-order chi connectivity index (χ1) is 16.9. The minimum Gasteiger partial charge on any atom is -0.378 e. The fraction of sp³-hybridized carbons (Fsp3) is 0.704. The number of carbonyl (C=O) groups excluding carboxylic acids is 2. The van der Waals surface area contributed by atoms with Gasteiger partial charge in [-0.3, -0.25) is 14.5 Å². The molecule has 1 aliphatic carbocycles. The zero-order chi connectivity index (χ0) is 24.6. The molecule has 8 heteroatoms. The third-order valence-electron chi connectivity index (χ3n) is 8.77. The van der Waals surface area contributed by atoms with Crippen molar-refractivity contribution in [1.82, 2.24) is 15.1 Å². The molecule has 1 aromatic rings. The average Bonchev–Trinajstić information content (AvgIpc) is 3.31. The number of ether oxygens (including phenoxy) is 1. The average molecular weight is 487 g/mol. The Morgan fingerprint density at radius 3 is 2.54 bits per heavy atom. The van der Waals surface area contributed by atoms with Gasteiger partial charge in [0.25, 0.3) is 0 Å². The van der Waals surface area contributed by atoms with Crippen LogP contribution >= 0.6 is 0 Å². The molecule has 3 fully saturated rings. The number of amides is 2. The van der Waals surface area contributed by atoms with E-state index in [1.165, 1.54) is 12.5 Å². The van der Waals surface area contributed by atoms with Crippen LogP contribution in [0, 0.1) is 18.7 Å². The SMILES string of the molecule is CC(=O)N1CCN([C@H]2COC[C@H](NC(=O)C3(C4CCCCC4)Cc4c(F)ccc(C)c4N3)C2)CC1. The largest absolute Gasteiger partial charge is 0.378 e. The smallest absolute Gasteiger partial charge is 0.246 e. The molecule has 0 spiro atoms. The number of benzene rings is 1. The molecule has 1 aromatic carbocycles. The number of piperazine rings is 1. The Kier molecular flexibility index (Phi) is 7.04. The number of hydrogen-bond acceptors (Lipinski definition) is 5. The summed E-state index contributed by atoms with van der Waals surface area (Å²) < 4.78 is 20.8. The Labute approximate surface area is 207 Å². The predicted octanol–water partition coefficient (Wildman–Crippen LogP) is 2.86. The molecule has 3 atom stereocenters. The molecular weight excluding hydrogens is 447 g/mol. The van der Waals surface area contributed by atoms with Crippen molar-refractivity contribution in [2.45, 2.75) is 76.4 Å². The number of nitrogens with zero attached hydrogens (tertiary/aromatic N) is 2. The molecule has 0 bridgehead atoms. The molecule has 0 aromatic heterocycles. The van der Waals surface area contributed by atoms with Gasteiger partial charge in [0.2, 0.25) is 11.8 Å². The number of carbonyl (C=O) groups is 2. The summed E-state index contributed by atoms with van der Waals surface area (Å²) in [5, 5.41) is 6.89. The Balaban J connectivity index is 1.29. The van der Waals surface area contributed by atoms with Gasteiger partial charge in [-0.1, -0.05) is 25.3 Å². The topological polar surface area (TPSA) is 73.9 Å². The van der Waals surface area contributed by atoms with Crippen LogP contribution in [0.5, 0.6) is 0 Å². The van der Waals surface area contributed by atoms with Gasteiger partial charge in [0.05, 0.1) is 19.3 Å². The normalized spacial score (nSPS) is 30.0. The third-order valence-corrected chi connectivity index (χ3v) is 8.77. The Hall–Kier alpha value is -2.19. The van der Waals surface area contributed by atoms with E-state index < -0.39 is 5.54 Å². The number of anilines is 1. The Morgan fingerprint density at radius 2 is 1.86 bits per heavy atom. The van der Waals surface area contributed by atoms with Crippen LogP contribution in [0.1, 0.15) is 56.6 Å². The van der Waals surface area contributed by atoms with Crippen molar-refractivity contribution in [3.63, 3.8) is 0 Å². The first-order valence-electron chi connectivity index (χ1n) is 13.3. The van der Waals surface area contributed by atoms with Crippen molar-refractivity contribution in [3.05, 3.63) is 29.1 Å². The van der Waals surface area contributed by atoms with Crippen LogP contribution in [0.15, 0.2) is 12.1 Å². The van der Waals surface area contributed by atoms with E-state index in [4.69, 9.17) is 4.74 Å². The number of nitrogens with one attached hydrogen (secondary N) is 2. The summed E-state index contributed by atoms with van der Waals surface area (Å²) in [7, 11) is 0. The zero-order valence-electron chi connectivity index (χ0n) is 21.1. The van der Waals surface area contributed by atoms with Gasteiger partial charge in [-0.2, -0.15) is 0 Å². The molecule has 35 heavy (non-hydrogen) atoms. The molecule has 3 heterocycles. The zero-order valence-corrected chi connectivity index (χ0v) is 21.1. The monoisotopic (exact) mass is 486 g/mol. The van der Waals surface area contributed by atoms with Crippen LogP contribution in [0.25, 0.3) is 0 Å². The second-order valence-corrected chi connectivity index (χ2v) is 11.0. The maximum Gasteiger partial charge on any atom is 0.246 e. The van der Waals surface area contributed by atoms with E-state index in [0.717, 1.165) is 69.5 Å². The molecule has 4 aliphatic rings. The highest BCUT2D eigenvalue weighted by Crippen LogP contribution is 2.45. The summed E-state index contributed by atoms with van der Waals surface area (Å²) in [5.74, 6) is 0.0613. The first kappa shape index (κ1) is 24.5. The lowest BCUT2D eigenvalue weighted by atomic mass is 9.72. The summed E-state index contributed by atoms with van der Waals surface area (Å²) in [6.45, 7) is 7.87. The fourth-order valence-electron chi connectivity index (χ4n) is 6.68.